The van der Waals surface area contributed by atoms with Gasteiger partial charge in [0.2, 0.25) is 0 Å². The molecule has 0 aliphatic heterocycles. The van der Waals surface area contributed by atoms with Crippen LogP contribution in [0.5, 0.6) is 5.75 Å². The van der Waals surface area contributed by atoms with Crippen molar-refractivity contribution in [2.75, 3.05) is 0 Å². The molecule has 16 heavy (non-hydrogen) atoms. The first kappa shape index (κ1) is 14.0. The summed E-state index contributed by atoms with van der Waals surface area (Å²) >= 11 is -2.06. The maximum atomic E-state index is 9.43. The number of aromatic nitrogens is 1. The number of fused-ring (bicyclic) bond motifs is 1. The number of benzene rings is 1. The molecular formula is C10H9Cl3GaNO. The van der Waals surface area contributed by atoms with Crippen molar-refractivity contribution < 1.29 is 5.11 Å². The van der Waals surface area contributed by atoms with Crippen LogP contribution in [0, 0.1) is 6.92 Å². The molecule has 0 unspecified atom stereocenters. The normalized spacial score (nSPS) is 9.50. The van der Waals surface area contributed by atoms with E-state index in [0.29, 0.717) is 5.52 Å². The molecule has 1 aromatic carbocycles. The molecule has 0 radical (unpaired) electrons. The van der Waals surface area contributed by atoms with Gasteiger partial charge in [-0.2, -0.15) is 0 Å². The Hall–Kier alpha value is -0.0636. The molecule has 1 aromatic heterocycles. The van der Waals surface area contributed by atoms with E-state index in [1.165, 1.54) is 0 Å². The zero-order chi connectivity index (χ0) is 12.1. The van der Waals surface area contributed by atoms with Gasteiger partial charge in [-0.3, -0.25) is 0 Å². The van der Waals surface area contributed by atoms with Gasteiger partial charge in [0.25, 0.3) is 0 Å². The van der Waals surface area contributed by atoms with Crippen LogP contribution in [-0.4, -0.2) is 23.3 Å². The van der Waals surface area contributed by atoms with E-state index in [1.807, 2.05) is 31.2 Å². The van der Waals surface area contributed by atoms with Crippen LogP contribution in [0.4, 0.5) is 0 Å². The van der Waals surface area contributed by atoms with Gasteiger partial charge in [0.15, 0.2) is 0 Å². The molecule has 0 fully saturated rings. The van der Waals surface area contributed by atoms with E-state index in [9.17, 15) is 5.11 Å². The first-order valence-electron chi connectivity index (χ1n) is 4.48. The van der Waals surface area contributed by atoms with E-state index in [-0.39, 0.29) is 5.75 Å². The fraction of sp³-hybridized carbons (Fsp3) is 0.100. The summed E-state index contributed by atoms with van der Waals surface area (Å²) in [6, 6.07) is 9.28. The van der Waals surface area contributed by atoms with Gasteiger partial charge in [-0.1, -0.05) is 18.2 Å². The molecule has 2 rings (SSSR count). The second-order valence-corrected chi connectivity index (χ2v) is 14.4. The van der Waals surface area contributed by atoms with Crippen LogP contribution in [0.1, 0.15) is 5.69 Å². The van der Waals surface area contributed by atoms with Crippen LogP contribution in [0.15, 0.2) is 30.3 Å². The predicted molar refractivity (Wildman–Crippen MR) is 71.5 cm³/mol. The number of hydrogen-bond donors (Lipinski definition) is 1. The molecule has 2 aromatic rings. The number of halogens is 3. The quantitative estimate of drug-likeness (QED) is 0.740. The van der Waals surface area contributed by atoms with Gasteiger partial charge in [-0.05, 0) is 19.1 Å². The molecule has 0 atom stereocenters. The van der Waals surface area contributed by atoms with Crippen molar-refractivity contribution in [2.24, 2.45) is 0 Å². The molecular weight excluding hydrogens is 326 g/mol. The van der Waals surface area contributed by atoms with Crippen LogP contribution in [0.25, 0.3) is 10.9 Å². The molecule has 0 aliphatic carbocycles. The summed E-state index contributed by atoms with van der Waals surface area (Å²) in [5.74, 6) is 0.246. The minimum absolute atomic E-state index is 0.246. The number of para-hydroxylation sites is 1. The Balaban J connectivity index is 0.000000280. The van der Waals surface area contributed by atoms with Gasteiger partial charge in [-0.15, -0.1) is 0 Å². The van der Waals surface area contributed by atoms with E-state index >= 15 is 0 Å². The molecule has 0 spiro atoms. The molecule has 84 valence electrons. The molecule has 0 saturated carbocycles. The molecule has 0 bridgehead atoms. The van der Waals surface area contributed by atoms with Crippen molar-refractivity contribution in [1.82, 2.24) is 4.98 Å². The van der Waals surface area contributed by atoms with Crippen LogP contribution in [0.2, 0.25) is 0 Å². The van der Waals surface area contributed by atoms with E-state index < -0.39 is 13.2 Å². The monoisotopic (exact) mass is 333 g/mol. The molecule has 0 amide bonds. The van der Waals surface area contributed by atoms with E-state index in [4.69, 9.17) is 28.9 Å². The Morgan fingerprint density at radius 2 is 1.75 bits per heavy atom. The van der Waals surface area contributed by atoms with Gasteiger partial charge in [0.05, 0.1) is 0 Å². The second kappa shape index (κ2) is 6.62. The van der Waals surface area contributed by atoms with Gasteiger partial charge in [0, 0.05) is 11.1 Å². The summed E-state index contributed by atoms with van der Waals surface area (Å²) in [6.07, 6.45) is 0. The summed E-state index contributed by atoms with van der Waals surface area (Å²) in [5.41, 5.74) is 1.60. The van der Waals surface area contributed by atoms with Crippen LogP contribution in [0.3, 0.4) is 0 Å². The average Bonchev–Trinajstić information content (AvgIpc) is 2.18. The Labute approximate surface area is 111 Å². The number of aryl methyl sites for hydroxylation is 1. The molecule has 0 aliphatic rings. The summed E-state index contributed by atoms with van der Waals surface area (Å²) < 4.78 is 0. The molecule has 2 nitrogen and oxygen atoms in total. The standard InChI is InChI=1S/C10H9NO.3ClH.Ga/c1-7-5-6-8-3-2-4-9(12)10(8)11-7;;;;/h2-6,12H,1H3;3*1H;/q;;;;+3/p-3. The fourth-order valence-electron chi connectivity index (χ4n) is 1.23. The predicted octanol–water partition coefficient (Wildman–Crippen LogP) is 3.94. The van der Waals surface area contributed by atoms with Crippen molar-refractivity contribution in [3.63, 3.8) is 0 Å². The van der Waals surface area contributed by atoms with Crippen LogP contribution >= 0.6 is 28.9 Å². The molecule has 6 heteroatoms. The average molecular weight is 335 g/mol. The Bertz CT molecular complexity index is 476. The van der Waals surface area contributed by atoms with Gasteiger partial charge in [0.1, 0.15) is 11.3 Å². The van der Waals surface area contributed by atoms with Gasteiger partial charge < -0.3 is 5.11 Å². The third-order valence-electron chi connectivity index (χ3n) is 1.84. The number of pyridine rings is 1. The SMILES string of the molecule is Cc1ccc2cccc(O)c2n1.[Cl][Ga]([Cl])[Cl]. The number of phenols is 1. The van der Waals surface area contributed by atoms with Crippen molar-refractivity contribution >= 4 is 53.0 Å². The zero-order valence-corrected chi connectivity index (χ0v) is 13.2. The summed E-state index contributed by atoms with van der Waals surface area (Å²) in [7, 11) is 15.0. The first-order valence-corrected chi connectivity index (χ1v) is 14.0. The number of hydrogen-bond acceptors (Lipinski definition) is 2. The van der Waals surface area contributed by atoms with Crippen LogP contribution < -0.4 is 0 Å². The van der Waals surface area contributed by atoms with Crippen molar-refractivity contribution in [3.05, 3.63) is 36.0 Å². The third kappa shape index (κ3) is 4.43. The Morgan fingerprint density at radius 3 is 2.38 bits per heavy atom. The fourth-order valence-corrected chi connectivity index (χ4v) is 1.23. The summed E-state index contributed by atoms with van der Waals surface area (Å²) in [5, 5.41) is 10.4. The summed E-state index contributed by atoms with van der Waals surface area (Å²) in [6.45, 7) is 1.91. The number of nitrogens with zero attached hydrogens (tertiary/aromatic N) is 1. The van der Waals surface area contributed by atoms with Gasteiger partial charge in [-0.25, -0.2) is 4.98 Å². The van der Waals surface area contributed by atoms with Crippen LogP contribution in [-0.2, 0) is 0 Å². The number of phenolic OH excluding ortho intramolecular Hbond substituents is 1. The first-order chi connectivity index (χ1) is 7.50. The molecule has 1 heterocycles. The van der Waals surface area contributed by atoms with E-state index in [1.54, 1.807) is 6.07 Å². The van der Waals surface area contributed by atoms with E-state index in [2.05, 4.69) is 4.98 Å². The van der Waals surface area contributed by atoms with Crippen molar-refractivity contribution in [3.8, 4) is 5.75 Å². The second-order valence-electron chi connectivity index (χ2n) is 3.05. The minimum atomic E-state index is -2.06. The topological polar surface area (TPSA) is 33.1 Å². The maximum absolute atomic E-state index is 9.43. The number of aromatic hydroxyl groups is 1. The third-order valence-corrected chi connectivity index (χ3v) is 1.84. The van der Waals surface area contributed by atoms with Gasteiger partial charge >= 0.3 is 42.1 Å². The zero-order valence-electron chi connectivity index (χ0n) is 8.49. The number of rotatable bonds is 0. The van der Waals surface area contributed by atoms with E-state index in [0.717, 1.165) is 11.1 Å². The Morgan fingerprint density at radius 1 is 1.12 bits per heavy atom. The molecule has 1 N–H and O–H groups in total. The molecule has 0 saturated heterocycles. The summed E-state index contributed by atoms with van der Waals surface area (Å²) in [4.78, 5) is 4.23. The Kier molecular flexibility index (Phi) is 5.79. The van der Waals surface area contributed by atoms with Crippen molar-refractivity contribution in [2.45, 2.75) is 6.92 Å². The van der Waals surface area contributed by atoms with Crippen molar-refractivity contribution in [1.29, 1.82) is 0 Å².